The Balaban J connectivity index is 2.00. The predicted octanol–water partition coefficient (Wildman–Crippen LogP) is 6.51. The van der Waals surface area contributed by atoms with Crippen LogP contribution in [-0.2, 0) is 11.8 Å². The van der Waals surface area contributed by atoms with Gasteiger partial charge in [0.05, 0.1) is 0 Å². The minimum atomic E-state index is 0.231. The van der Waals surface area contributed by atoms with Crippen molar-refractivity contribution >= 4 is 6.08 Å². The molecule has 0 saturated carbocycles. The average Bonchev–Trinajstić information content (AvgIpc) is 3.03. The van der Waals surface area contributed by atoms with E-state index in [1.165, 1.54) is 53.5 Å². The fraction of sp³-hybridized carbons (Fsp3) is 0.391. The Kier molecular flexibility index (Phi) is 3.44. The minimum Gasteiger partial charge on any atom is -0.0683 e. The van der Waals surface area contributed by atoms with Gasteiger partial charge in [0.25, 0.3) is 0 Å². The molecule has 0 aromatic heterocycles. The summed E-state index contributed by atoms with van der Waals surface area (Å²) in [5.74, 6) is 0. The Bertz CT molecular complexity index is 786. The highest BCUT2D eigenvalue weighted by Gasteiger charge is 2.42. The molecule has 0 bridgehead atoms. The van der Waals surface area contributed by atoms with E-state index in [-0.39, 0.29) is 5.41 Å². The summed E-state index contributed by atoms with van der Waals surface area (Å²) < 4.78 is 0. The summed E-state index contributed by atoms with van der Waals surface area (Å²) in [5, 5.41) is 0. The van der Waals surface area contributed by atoms with Gasteiger partial charge in [-0.25, -0.2) is 0 Å². The van der Waals surface area contributed by atoms with Crippen LogP contribution in [0.1, 0.15) is 68.7 Å². The first-order valence-electron chi connectivity index (χ1n) is 9.14. The van der Waals surface area contributed by atoms with Crippen LogP contribution in [0.15, 0.2) is 42.0 Å². The second kappa shape index (κ2) is 5.37. The third-order valence-electron chi connectivity index (χ3n) is 5.75. The van der Waals surface area contributed by atoms with Gasteiger partial charge in [0, 0.05) is 5.41 Å². The summed E-state index contributed by atoms with van der Waals surface area (Å²) in [6, 6.07) is 14.2. The van der Waals surface area contributed by atoms with Gasteiger partial charge in [-0.3, -0.25) is 0 Å². The number of hydrogen-bond acceptors (Lipinski definition) is 0. The summed E-state index contributed by atoms with van der Waals surface area (Å²) in [4.78, 5) is 0. The summed E-state index contributed by atoms with van der Waals surface area (Å²) in [6.07, 6.45) is 8.50. The van der Waals surface area contributed by atoms with E-state index in [9.17, 15) is 0 Å². The highest BCUT2D eigenvalue weighted by molar-refractivity contribution is 5.84. The maximum Gasteiger partial charge on any atom is 0.0215 e. The van der Waals surface area contributed by atoms with Gasteiger partial charge in [-0.05, 0) is 71.7 Å². The van der Waals surface area contributed by atoms with E-state index in [0.29, 0.717) is 0 Å². The summed E-state index contributed by atoms with van der Waals surface area (Å²) in [6.45, 7) is 6.91. The topological polar surface area (TPSA) is 0 Å². The number of allylic oxidation sites excluding steroid dienone is 1. The van der Waals surface area contributed by atoms with Crippen LogP contribution in [0.4, 0.5) is 0 Å². The van der Waals surface area contributed by atoms with Crippen molar-refractivity contribution in [3.63, 3.8) is 0 Å². The predicted molar refractivity (Wildman–Crippen MR) is 99.8 cm³/mol. The SMILES string of the molecule is CCCC1(CCC)c2ccccc2-c2cc3c(cc21)C=C(C)C3. The molecule has 2 aromatic rings. The first-order valence-corrected chi connectivity index (χ1v) is 9.14. The maximum atomic E-state index is 2.52. The molecule has 2 aliphatic carbocycles. The number of rotatable bonds is 4. The van der Waals surface area contributed by atoms with Crippen molar-refractivity contribution in [1.82, 2.24) is 0 Å². The molecule has 0 aliphatic heterocycles. The molecule has 0 atom stereocenters. The summed E-state index contributed by atoms with van der Waals surface area (Å²) >= 11 is 0. The van der Waals surface area contributed by atoms with E-state index in [4.69, 9.17) is 0 Å². The van der Waals surface area contributed by atoms with E-state index in [0.717, 1.165) is 6.42 Å². The zero-order chi connectivity index (χ0) is 16.0. The fourth-order valence-corrected chi connectivity index (χ4v) is 4.98. The lowest BCUT2D eigenvalue weighted by Gasteiger charge is -2.32. The quantitative estimate of drug-likeness (QED) is 0.603. The van der Waals surface area contributed by atoms with Crippen LogP contribution in [0.5, 0.6) is 0 Å². The fourth-order valence-electron chi connectivity index (χ4n) is 4.98. The normalized spacial score (nSPS) is 16.7. The molecule has 0 radical (unpaired) electrons. The monoisotopic (exact) mass is 302 g/mol. The molecular formula is C23H26. The molecule has 2 aromatic carbocycles. The lowest BCUT2D eigenvalue weighted by Crippen LogP contribution is -2.25. The molecule has 0 nitrogen and oxygen atoms in total. The van der Waals surface area contributed by atoms with Crippen LogP contribution in [0.25, 0.3) is 17.2 Å². The zero-order valence-corrected chi connectivity index (χ0v) is 14.6. The van der Waals surface area contributed by atoms with E-state index in [2.05, 4.69) is 63.2 Å². The van der Waals surface area contributed by atoms with E-state index >= 15 is 0 Å². The lowest BCUT2D eigenvalue weighted by molar-refractivity contribution is 0.436. The van der Waals surface area contributed by atoms with E-state index < -0.39 is 0 Å². The summed E-state index contributed by atoms with van der Waals surface area (Å²) in [7, 11) is 0. The number of hydrogen-bond donors (Lipinski definition) is 0. The zero-order valence-electron chi connectivity index (χ0n) is 14.6. The third-order valence-corrected chi connectivity index (χ3v) is 5.75. The minimum absolute atomic E-state index is 0.231. The molecule has 0 spiro atoms. The number of fused-ring (bicyclic) bond motifs is 4. The average molecular weight is 302 g/mol. The maximum absolute atomic E-state index is 2.52. The lowest BCUT2D eigenvalue weighted by atomic mass is 9.71. The highest BCUT2D eigenvalue weighted by atomic mass is 14.4. The van der Waals surface area contributed by atoms with Crippen LogP contribution in [0.2, 0.25) is 0 Å². The van der Waals surface area contributed by atoms with Gasteiger partial charge in [0.1, 0.15) is 0 Å². The first kappa shape index (κ1) is 14.8. The second-order valence-corrected chi connectivity index (χ2v) is 7.39. The van der Waals surface area contributed by atoms with Crippen molar-refractivity contribution in [2.24, 2.45) is 0 Å². The van der Waals surface area contributed by atoms with Crippen molar-refractivity contribution in [2.45, 2.75) is 58.3 Å². The second-order valence-electron chi connectivity index (χ2n) is 7.39. The van der Waals surface area contributed by atoms with Gasteiger partial charge in [0.15, 0.2) is 0 Å². The Morgan fingerprint density at radius 3 is 2.39 bits per heavy atom. The van der Waals surface area contributed by atoms with Crippen molar-refractivity contribution < 1.29 is 0 Å². The standard InChI is InChI=1S/C23H26/c1-4-10-23(11-5-2)21-9-7-6-8-19(21)20-14-17-12-16(3)13-18(17)15-22(20)23/h6-9,13-15H,4-5,10-12H2,1-3H3. The van der Waals surface area contributed by atoms with Gasteiger partial charge in [-0.2, -0.15) is 0 Å². The molecule has 118 valence electrons. The molecule has 0 heterocycles. The molecule has 0 fully saturated rings. The Labute approximate surface area is 140 Å². The molecular weight excluding hydrogens is 276 g/mol. The van der Waals surface area contributed by atoms with Gasteiger partial charge >= 0.3 is 0 Å². The molecule has 0 saturated heterocycles. The molecule has 0 heteroatoms. The smallest absolute Gasteiger partial charge is 0.0215 e. The van der Waals surface area contributed by atoms with Crippen molar-refractivity contribution in [2.75, 3.05) is 0 Å². The van der Waals surface area contributed by atoms with Crippen LogP contribution in [0, 0.1) is 0 Å². The highest BCUT2D eigenvalue weighted by Crippen LogP contribution is 2.54. The van der Waals surface area contributed by atoms with Crippen molar-refractivity contribution in [3.8, 4) is 11.1 Å². The molecule has 0 N–H and O–H groups in total. The Hall–Kier alpha value is -1.82. The third kappa shape index (κ3) is 2.04. The van der Waals surface area contributed by atoms with Gasteiger partial charge < -0.3 is 0 Å². The van der Waals surface area contributed by atoms with Gasteiger partial charge in [-0.1, -0.05) is 62.6 Å². The molecule has 2 aliphatic rings. The van der Waals surface area contributed by atoms with E-state index in [1.807, 2.05) is 0 Å². The van der Waals surface area contributed by atoms with Crippen LogP contribution >= 0.6 is 0 Å². The first-order chi connectivity index (χ1) is 11.2. The van der Waals surface area contributed by atoms with Crippen molar-refractivity contribution in [3.05, 3.63) is 64.2 Å². The van der Waals surface area contributed by atoms with Crippen molar-refractivity contribution in [1.29, 1.82) is 0 Å². The molecule has 0 unspecified atom stereocenters. The van der Waals surface area contributed by atoms with Crippen LogP contribution in [-0.4, -0.2) is 0 Å². The van der Waals surface area contributed by atoms with Crippen LogP contribution < -0.4 is 0 Å². The molecule has 4 rings (SSSR count). The Morgan fingerprint density at radius 1 is 0.913 bits per heavy atom. The molecule has 0 amide bonds. The number of benzene rings is 2. The van der Waals surface area contributed by atoms with Gasteiger partial charge in [-0.15, -0.1) is 0 Å². The molecule has 23 heavy (non-hydrogen) atoms. The Morgan fingerprint density at radius 2 is 1.65 bits per heavy atom. The summed E-state index contributed by atoms with van der Waals surface area (Å²) in [5.41, 5.74) is 10.9. The van der Waals surface area contributed by atoms with E-state index in [1.54, 1.807) is 11.1 Å². The largest absolute Gasteiger partial charge is 0.0683 e. The van der Waals surface area contributed by atoms with Gasteiger partial charge in [0.2, 0.25) is 0 Å². The van der Waals surface area contributed by atoms with Crippen LogP contribution in [0.3, 0.4) is 0 Å².